The van der Waals surface area contributed by atoms with Crippen molar-refractivity contribution in [3.63, 3.8) is 0 Å². The van der Waals surface area contributed by atoms with Crippen molar-refractivity contribution in [1.82, 2.24) is 4.90 Å². The Hall–Kier alpha value is -2.42. The molecule has 0 heterocycles. The molecule has 0 radical (unpaired) electrons. The molecule has 1 aliphatic rings. The van der Waals surface area contributed by atoms with Crippen LogP contribution in [0.4, 0.5) is 0 Å². The molecule has 2 aromatic rings. The summed E-state index contributed by atoms with van der Waals surface area (Å²) in [5, 5.41) is 0. The van der Waals surface area contributed by atoms with Gasteiger partial charge in [-0.25, -0.2) is 0 Å². The number of benzene rings is 2. The van der Waals surface area contributed by atoms with Gasteiger partial charge in [0.1, 0.15) is 0 Å². The average molecular weight is 293 g/mol. The number of carbonyl (C=O) groups excluding carboxylic acids is 2. The molecule has 1 aliphatic carbocycles. The molecular weight excluding hydrogens is 274 g/mol. The molecular formula is C19H19NO2. The number of hydrogen-bond acceptors (Lipinski definition) is 2. The molecule has 2 aromatic carbocycles. The summed E-state index contributed by atoms with van der Waals surface area (Å²) in [5.41, 5.74) is 1.14. The Bertz CT molecular complexity index is 594. The molecule has 3 rings (SSSR count). The second-order valence-electron chi connectivity index (χ2n) is 5.65. The highest BCUT2D eigenvalue weighted by atomic mass is 16.2. The molecule has 1 saturated carbocycles. The third kappa shape index (κ3) is 2.93. The van der Waals surface area contributed by atoms with Crippen LogP contribution in [-0.2, 0) is 0 Å². The lowest BCUT2D eigenvalue weighted by Crippen LogP contribution is -2.43. The van der Waals surface area contributed by atoms with Crippen LogP contribution in [0.15, 0.2) is 60.7 Å². The Morgan fingerprint density at radius 1 is 0.727 bits per heavy atom. The fraction of sp³-hybridized carbons (Fsp3) is 0.263. The van der Waals surface area contributed by atoms with Crippen molar-refractivity contribution in [3.8, 4) is 0 Å². The Kier molecular flexibility index (Phi) is 4.33. The summed E-state index contributed by atoms with van der Waals surface area (Å²) in [7, 11) is 0. The van der Waals surface area contributed by atoms with Gasteiger partial charge >= 0.3 is 0 Å². The SMILES string of the molecule is O=C(c1ccccc1)N(C(=O)c1ccccc1)C1CCCC1. The van der Waals surface area contributed by atoms with Gasteiger partial charge in [-0.15, -0.1) is 0 Å². The maximum atomic E-state index is 12.9. The van der Waals surface area contributed by atoms with Gasteiger partial charge in [-0.2, -0.15) is 0 Å². The summed E-state index contributed by atoms with van der Waals surface area (Å²) in [5.74, 6) is -0.386. The lowest BCUT2D eigenvalue weighted by Gasteiger charge is -2.27. The molecule has 0 aliphatic heterocycles. The van der Waals surface area contributed by atoms with Gasteiger partial charge in [0, 0.05) is 17.2 Å². The quantitative estimate of drug-likeness (QED) is 0.805. The molecule has 3 nitrogen and oxygen atoms in total. The van der Waals surface area contributed by atoms with E-state index in [1.54, 1.807) is 24.3 Å². The van der Waals surface area contributed by atoms with Crippen LogP contribution in [0.1, 0.15) is 46.4 Å². The highest BCUT2D eigenvalue weighted by molar-refractivity contribution is 6.10. The predicted molar refractivity (Wildman–Crippen MR) is 85.6 cm³/mol. The van der Waals surface area contributed by atoms with Crippen LogP contribution >= 0.6 is 0 Å². The highest BCUT2D eigenvalue weighted by Gasteiger charge is 2.32. The average Bonchev–Trinajstić information content (AvgIpc) is 3.10. The molecule has 3 heteroatoms. The highest BCUT2D eigenvalue weighted by Crippen LogP contribution is 2.26. The van der Waals surface area contributed by atoms with Crippen LogP contribution in [0.25, 0.3) is 0 Å². The Labute approximate surface area is 130 Å². The zero-order valence-corrected chi connectivity index (χ0v) is 12.4. The minimum Gasteiger partial charge on any atom is -0.271 e. The Morgan fingerprint density at radius 3 is 1.55 bits per heavy atom. The molecule has 0 unspecified atom stereocenters. The smallest absolute Gasteiger partial charge is 0.260 e. The van der Waals surface area contributed by atoms with Gasteiger partial charge in [-0.1, -0.05) is 49.2 Å². The van der Waals surface area contributed by atoms with E-state index < -0.39 is 0 Å². The molecule has 0 bridgehead atoms. The molecule has 0 spiro atoms. The zero-order chi connectivity index (χ0) is 15.4. The van der Waals surface area contributed by atoms with E-state index in [-0.39, 0.29) is 17.9 Å². The molecule has 22 heavy (non-hydrogen) atoms. The van der Waals surface area contributed by atoms with E-state index in [0.717, 1.165) is 25.7 Å². The molecule has 0 saturated heterocycles. The second-order valence-corrected chi connectivity index (χ2v) is 5.65. The fourth-order valence-electron chi connectivity index (χ4n) is 3.03. The summed E-state index contributed by atoms with van der Waals surface area (Å²) in [6.07, 6.45) is 3.95. The lowest BCUT2D eigenvalue weighted by atomic mass is 10.1. The maximum Gasteiger partial charge on any atom is 0.260 e. The van der Waals surface area contributed by atoms with Gasteiger partial charge in [0.15, 0.2) is 0 Å². The largest absolute Gasteiger partial charge is 0.271 e. The van der Waals surface area contributed by atoms with Gasteiger partial charge in [-0.05, 0) is 37.1 Å². The minimum absolute atomic E-state index is 0.0143. The Morgan fingerprint density at radius 2 is 1.14 bits per heavy atom. The van der Waals surface area contributed by atoms with Crippen molar-refractivity contribution in [2.24, 2.45) is 0 Å². The van der Waals surface area contributed by atoms with Crippen molar-refractivity contribution >= 4 is 11.8 Å². The number of rotatable bonds is 3. The number of nitrogens with zero attached hydrogens (tertiary/aromatic N) is 1. The van der Waals surface area contributed by atoms with E-state index in [1.807, 2.05) is 36.4 Å². The molecule has 1 fully saturated rings. The summed E-state index contributed by atoms with van der Waals surface area (Å²) < 4.78 is 0. The number of imide groups is 1. The minimum atomic E-state index is -0.193. The van der Waals surface area contributed by atoms with E-state index in [9.17, 15) is 9.59 Å². The van der Waals surface area contributed by atoms with E-state index >= 15 is 0 Å². The molecule has 0 atom stereocenters. The van der Waals surface area contributed by atoms with Crippen LogP contribution in [0.5, 0.6) is 0 Å². The monoisotopic (exact) mass is 293 g/mol. The van der Waals surface area contributed by atoms with E-state index in [1.165, 1.54) is 4.90 Å². The first kappa shape index (κ1) is 14.5. The van der Waals surface area contributed by atoms with Gasteiger partial charge in [0.2, 0.25) is 0 Å². The predicted octanol–water partition coefficient (Wildman–Crippen LogP) is 3.91. The van der Waals surface area contributed by atoms with E-state index in [0.29, 0.717) is 11.1 Å². The number of carbonyl (C=O) groups is 2. The lowest BCUT2D eigenvalue weighted by molar-refractivity contribution is 0.0548. The molecule has 0 N–H and O–H groups in total. The third-order valence-electron chi connectivity index (χ3n) is 4.17. The summed E-state index contributed by atoms with van der Waals surface area (Å²) in [4.78, 5) is 27.2. The van der Waals surface area contributed by atoms with Crippen molar-refractivity contribution in [2.45, 2.75) is 31.7 Å². The van der Waals surface area contributed by atoms with Gasteiger partial charge in [0.05, 0.1) is 0 Å². The van der Waals surface area contributed by atoms with Crippen molar-refractivity contribution < 1.29 is 9.59 Å². The molecule has 0 aromatic heterocycles. The van der Waals surface area contributed by atoms with Crippen molar-refractivity contribution in [3.05, 3.63) is 71.8 Å². The second kappa shape index (κ2) is 6.56. The summed E-state index contributed by atoms with van der Waals surface area (Å²) in [6, 6.07) is 18.1. The van der Waals surface area contributed by atoms with Crippen LogP contribution < -0.4 is 0 Å². The number of hydrogen-bond donors (Lipinski definition) is 0. The first-order chi connectivity index (χ1) is 10.8. The van der Waals surface area contributed by atoms with E-state index in [4.69, 9.17) is 0 Å². The first-order valence-electron chi connectivity index (χ1n) is 7.75. The van der Waals surface area contributed by atoms with Crippen LogP contribution in [0, 0.1) is 0 Å². The van der Waals surface area contributed by atoms with Crippen LogP contribution in [0.3, 0.4) is 0 Å². The van der Waals surface area contributed by atoms with Gasteiger partial charge < -0.3 is 0 Å². The Balaban J connectivity index is 1.94. The molecule has 112 valence electrons. The van der Waals surface area contributed by atoms with Crippen LogP contribution in [0.2, 0.25) is 0 Å². The van der Waals surface area contributed by atoms with Crippen molar-refractivity contribution in [1.29, 1.82) is 0 Å². The van der Waals surface area contributed by atoms with Crippen molar-refractivity contribution in [2.75, 3.05) is 0 Å². The van der Waals surface area contributed by atoms with E-state index in [2.05, 4.69) is 0 Å². The third-order valence-corrected chi connectivity index (χ3v) is 4.17. The summed E-state index contributed by atoms with van der Waals surface area (Å²) >= 11 is 0. The van der Waals surface area contributed by atoms with Gasteiger partial charge in [0.25, 0.3) is 11.8 Å². The standard InChI is InChI=1S/C19H19NO2/c21-18(15-9-3-1-4-10-15)20(17-13-7-8-14-17)19(22)16-11-5-2-6-12-16/h1-6,9-12,17H,7-8,13-14H2. The molecule has 2 amide bonds. The fourth-order valence-corrected chi connectivity index (χ4v) is 3.03. The maximum absolute atomic E-state index is 12.9. The normalized spacial score (nSPS) is 14.7. The zero-order valence-electron chi connectivity index (χ0n) is 12.4. The van der Waals surface area contributed by atoms with Crippen LogP contribution in [-0.4, -0.2) is 22.8 Å². The first-order valence-corrected chi connectivity index (χ1v) is 7.75. The number of amides is 2. The topological polar surface area (TPSA) is 37.4 Å². The van der Waals surface area contributed by atoms with Gasteiger partial charge in [-0.3, -0.25) is 14.5 Å². The summed E-state index contributed by atoms with van der Waals surface area (Å²) in [6.45, 7) is 0.